The summed E-state index contributed by atoms with van der Waals surface area (Å²) >= 11 is 0. The van der Waals surface area contributed by atoms with Crippen molar-refractivity contribution in [2.75, 3.05) is 7.05 Å². The molecule has 1 N–H and O–H groups in total. The lowest BCUT2D eigenvalue weighted by Gasteiger charge is -2.19. The van der Waals surface area contributed by atoms with Gasteiger partial charge in [-0.1, -0.05) is 18.2 Å². The number of aromatic nitrogens is 2. The van der Waals surface area contributed by atoms with Crippen molar-refractivity contribution in [3.05, 3.63) is 69.4 Å². The van der Waals surface area contributed by atoms with Crippen molar-refractivity contribution in [3.8, 4) is 0 Å². The fourth-order valence-electron chi connectivity index (χ4n) is 2.72. The Bertz CT molecular complexity index is 1030. The van der Waals surface area contributed by atoms with Crippen LogP contribution in [0.2, 0.25) is 0 Å². The maximum Gasteiger partial charge on any atom is 0.416 e. The van der Waals surface area contributed by atoms with Crippen LogP contribution in [-0.4, -0.2) is 33.0 Å². The molecule has 0 saturated heterocycles. The van der Waals surface area contributed by atoms with Gasteiger partial charge in [0, 0.05) is 31.1 Å². The Morgan fingerprint density at radius 2 is 1.96 bits per heavy atom. The van der Waals surface area contributed by atoms with Crippen LogP contribution in [0, 0.1) is 10.1 Å². The number of hydrogen-bond donors (Lipinski definition) is 1. The van der Waals surface area contributed by atoms with Gasteiger partial charge < -0.3 is 4.90 Å². The number of amides is 1. The third kappa shape index (κ3) is 3.59. The van der Waals surface area contributed by atoms with Crippen LogP contribution >= 0.6 is 0 Å². The first-order chi connectivity index (χ1) is 12.7. The fourth-order valence-corrected chi connectivity index (χ4v) is 2.72. The summed E-state index contributed by atoms with van der Waals surface area (Å²) in [6.45, 7) is -0.294. The number of fused-ring (bicyclic) bond motifs is 1. The smallest absolute Gasteiger partial charge is 0.336 e. The Morgan fingerprint density at radius 3 is 2.63 bits per heavy atom. The molecule has 3 rings (SSSR count). The maximum atomic E-state index is 13.1. The molecule has 0 aliphatic carbocycles. The number of nitro groups is 1. The molecular weight excluding hydrogens is 365 g/mol. The standard InChI is InChI=1S/C17H13F3N4O3/c1-23(9-10-4-2-3-5-13(10)17(18,19)20)16(25)15-12-8-11(24(26)27)6-7-14(12)21-22-15/h2-8H,9H2,1H3,(H,21,22). The van der Waals surface area contributed by atoms with Gasteiger partial charge in [0.25, 0.3) is 11.6 Å². The summed E-state index contributed by atoms with van der Waals surface area (Å²) in [6.07, 6.45) is -4.54. The van der Waals surface area contributed by atoms with E-state index in [1.807, 2.05) is 0 Å². The summed E-state index contributed by atoms with van der Waals surface area (Å²) in [5, 5.41) is 17.6. The van der Waals surface area contributed by atoms with Crippen molar-refractivity contribution in [1.29, 1.82) is 0 Å². The van der Waals surface area contributed by atoms with Crippen LogP contribution < -0.4 is 0 Å². The topological polar surface area (TPSA) is 92.1 Å². The monoisotopic (exact) mass is 378 g/mol. The van der Waals surface area contributed by atoms with Gasteiger partial charge in [-0.3, -0.25) is 20.0 Å². The van der Waals surface area contributed by atoms with Gasteiger partial charge >= 0.3 is 6.18 Å². The van der Waals surface area contributed by atoms with E-state index in [4.69, 9.17) is 0 Å². The SMILES string of the molecule is CN(Cc1ccccc1C(F)(F)F)C(=O)c1n[nH]c2ccc([N+](=O)[O-])cc12. The van der Waals surface area contributed by atoms with Crippen molar-refractivity contribution in [1.82, 2.24) is 15.1 Å². The highest BCUT2D eigenvalue weighted by molar-refractivity contribution is 6.05. The Labute approximate surface area is 150 Å². The largest absolute Gasteiger partial charge is 0.416 e. The van der Waals surface area contributed by atoms with Gasteiger partial charge in [-0.2, -0.15) is 18.3 Å². The van der Waals surface area contributed by atoms with Crippen molar-refractivity contribution >= 4 is 22.5 Å². The van der Waals surface area contributed by atoms with Crippen LogP contribution in [-0.2, 0) is 12.7 Å². The molecule has 1 heterocycles. The molecule has 7 nitrogen and oxygen atoms in total. The zero-order chi connectivity index (χ0) is 19.8. The summed E-state index contributed by atoms with van der Waals surface area (Å²) in [4.78, 5) is 24.1. The minimum atomic E-state index is -4.54. The number of nitrogens with zero attached hydrogens (tertiary/aromatic N) is 3. The predicted octanol–water partition coefficient (Wildman–Crippen LogP) is 3.76. The van der Waals surface area contributed by atoms with Crippen molar-refractivity contribution in [2.24, 2.45) is 0 Å². The van der Waals surface area contributed by atoms with Gasteiger partial charge in [0.1, 0.15) is 0 Å². The van der Waals surface area contributed by atoms with Crippen molar-refractivity contribution in [3.63, 3.8) is 0 Å². The number of aromatic amines is 1. The summed E-state index contributed by atoms with van der Waals surface area (Å²) in [6, 6.07) is 8.84. The van der Waals surface area contributed by atoms with E-state index in [0.717, 1.165) is 11.0 Å². The van der Waals surface area contributed by atoms with E-state index >= 15 is 0 Å². The van der Waals surface area contributed by atoms with E-state index in [1.54, 1.807) is 0 Å². The zero-order valence-electron chi connectivity index (χ0n) is 13.9. The molecule has 0 fully saturated rings. The number of H-pyrrole nitrogens is 1. The van der Waals surface area contributed by atoms with E-state index in [2.05, 4.69) is 10.2 Å². The molecule has 2 aromatic carbocycles. The van der Waals surface area contributed by atoms with E-state index in [1.165, 1.54) is 43.4 Å². The van der Waals surface area contributed by atoms with Gasteiger partial charge in [0.15, 0.2) is 5.69 Å². The van der Waals surface area contributed by atoms with Crippen LogP contribution in [0.15, 0.2) is 42.5 Å². The minimum absolute atomic E-state index is 0.0633. The van der Waals surface area contributed by atoms with E-state index in [0.29, 0.717) is 5.52 Å². The molecule has 0 aliphatic heterocycles. The van der Waals surface area contributed by atoms with Crippen molar-refractivity contribution < 1.29 is 22.9 Å². The molecule has 1 amide bonds. The fraction of sp³-hybridized carbons (Fsp3) is 0.176. The molecule has 0 saturated carbocycles. The van der Waals surface area contributed by atoms with Crippen molar-refractivity contribution in [2.45, 2.75) is 12.7 Å². The molecular formula is C17H13F3N4O3. The summed E-state index contributed by atoms with van der Waals surface area (Å²) in [5.41, 5.74) is -0.796. The average Bonchev–Trinajstić information content (AvgIpc) is 3.03. The van der Waals surface area contributed by atoms with Gasteiger partial charge in [0.05, 0.1) is 16.0 Å². The molecule has 3 aromatic rings. The Morgan fingerprint density at radius 1 is 1.26 bits per heavy atom. The second-order valence-corrected chi connectivity index (χ2v) is 5.88. The van der Waals surface area contributed by atoms with Gasteiger partial charge in [-0.25, -0.2) is 0 Å². The number of nitro benzene ring substituents is 1. The molecule has 0 radical (unpaired) electrons. The number of carbonyl (C=O) groups excluding carboxylic acids is 1. The number of alkyl halides is 3. The van der Waals surface area contributed by atoms with Crippen LogP contribution in [0.4, 0.5) is 18.9 Å². The van der Waals surface area contributed by atoms with E-state index in [9.17, 15) is 28.1 Å². The van der Waals surface area contributed by atoms with Crippen LogP contribution in [0.3, 0.4) is 0 Å². The number of halogens is 3. The lowest BCUT2D eigenvalue weighted by atomic mass is 10.1. The highest BCUT2D eigenvalue weighted by Gasteiger charge is 2.33. The first-order valence-electron chi connectivity index (χ1n) is 7.71. The van der Waals surface area contributed by atoms with Crippen LogP contribution in [0.5, 0.6) is 0 Å². The summed E-state index contributed by atoms with van der Waals surface area (Å²) in [7, 11) is 1.34. The third-order valence-corrected chi connectivity index (χ3v) is 4.04. The number of nitrogens with one attached hydrogen (secondary N) is 1. The van der Waals surface area contributed by atoms with Gasteiger partial charge in [-0.15, -0.1) is 0 Å². The molecule has 1 aromatic heterocycles. The molecule has 27 heavy (non-hydrogen) atoms. The quantitative estimate of drug-likeness (QED) is 0.553. The number of carbonyl (C=O) groups is 1. The first-order valence-corrected chi connectivity index (χ1v) is 7.71. The summed E-state index contributed by atoms with van der Waals surface area (Å²) < 4.78 is 39.4. The zero-order valence-corrected chi connectivity index (χ0v) is 13.9. The predicted molar refractivity (Wildman–Crippen MR) is 90.0 cm³/mol. The second kappa shape index (κ2) is 6.71. The first kappa shape index (κ1) is 18.4. The third-order valence-electron chi connectivity index (χ3n) is 4.04. The Balaban J connectivity index is 1.92. The molecule has 0 aliphatic rings. The van der Waals surface area contributed by atoms with E-state index in [-0.39, 0.29) is 28.9 Å². The lowest BCUT2D eigenvalue weighted by Crippen LogP contribution is -2.28. The Kier molecular flexibility index (Phi) is 4.56. The number of benzene rings is 2. The molecule has 10 heteroatoms. The molecule has 140 valence electrons. The van der Waals surface area contributed by atoms with Gasteiger partial charge in [-0.05, 0) is 17.7 Å². The van der Waals surface area contributed by atoms with Crippen LogP contribution in [0.25, 0.3) is 10.9 Å². The molecule has 0 atom stereocenters. The number of rotatable bonds is 4. The normalized spacial score (nSPS) is 11.6. The maximum absolute atomic E-state index is 13.1. The summed E-state index contributed by atoms with van der Waals surface area (Å²) in [5.74, 6) is -0.654. The van der Waals surface area contributed by atoms with Gasteiger partial charge in [0.2, 0.25) is 0 Å². The van der Waals surface area contributed by atoms with E-state index < -0.39 is 22.6 Å². The second-order valence-electron chi connectivity index (χ2n) is 5.88. The number of hydrogen-bond acceptors (Lipinski definition) is 4. The average molecular weight is 378 g/mol. The number of non-ortho nitro benzene ring substituents is 1. The highest BCUT2D eigenvalue weighted by Crippen LogP contribution is 2.32. The minimum Gasteiger partial charge on any atom is -0.336 e. The molecule has 0 spiro atoms. The van der Waals surface area contributed by atoms with Crippen LogP contribution in [0.1, 0.15) is 21.6 Å². The lowest BCUT2D eigenvalue weighted by molar-refractivity contribution is -0.384. The molecule has 0 bridgehead atoms. The highest BCUT2D eigenvalue weighted by atomic mass is 19.4. The molecule has 0 unspecified atom stereocenters. The Hall–Kier alpha value is -3.43.